The number of rotatable bonds is 3. The molecule has 0 aliphatic rings. The molecule has 0 N–H and O–H groups in total. The van der Waals surface area contributed by atoms with E-state index in [1.165, 1.54) is 0 Å². The first-order valence-electron chi connectivity index (χ1n) is 2.71. The zero-order valence-electron chi connectivity index (χ0n) is 5.99. The molecule has 0 bridgehead atoms. The Hall–Kier alpha value is -1.03. The lowest BCUT2D eigenvalue weighted by molar-refractivity contribution is -0.128. The van der Waals surface area contributed by atoms with Crippen molar-refractivity contribution in [2.75, 3.05) is 6.26 Å². The molecule has 0 fully saturated rings. The number of sulfone groups is 1. The molecule has 1 unspecified atom stereocenters. The number of hydrogen-bond donors (Lipinski definition) is 0. The van der Waals surface area contributed by atoms with E-state index in [0.717, 1.165) is 6.07 Å². The highest BCUT2D eigenvalue weighted by molar-refractivity contribution is 7.92. The topological polar surface area (TPSA) is 75.0 Å². The van der Waals surface area contributed by atoms with Gasteiger partial charge in [-0.2, -0.15) is 5.26 Å². The van der Waals surface area contributed by atoms with Gasteiger partial charge in [0, 0.05) is 6.26 Å². The van der Waals surface area contributed by atoms with Crippen molar-refractivity contribution in [3.05, 3.63) is 0 Å². The van der Waals surface area contributed by atoms with Gasteiger partial charge in [0.2, 0.25) is 11.0 Å². The summed E-state index contributed by atoms with van der Waals surface area (Å²) in [5.74, 6) is -1.87. The van der Waals surface area contributed by atoms with Gasteiger partial charge < -0.3 is 0 Å². The maximum absolute atomic E-state index is 11.6. The fourth-order valence-corrected chi connectivity index (χ4v) is 1.20. The van der Waals surface area contributed by atoms with Crippen LogP contribution in [-0.4, -0.2) is 32.1 Å². The summed E-state index contributed by atoms with van der Waals surface area (Å²) in [5.41, 5.74) is 0. The lowest BCUT2D eigenvalue weighted by Crippen LogP contribution is -2.32. The fourth-order valence-electron chi connectivity index (χ4n) is 0.485. The van der Waals surface area contributed by atoms with Gasteiger partial charge in [0.15, 0.2) is 9.84 Å². The summed E-state index contributed by atoms with van der Waals surface area (Å²) in [6.45, 7) is 0. The zero-order valence-corrected chi connectivity index (χ0v) is 6.81. The van der Waals surface area contributed by atoms with Crippen LogP contribution in [0.1, 0.15) is 0 Å². The molecule has 0 aromatic carbocycles. The molecule has 0 heterocycles. The maximum atomic E-state index is 11.6. The lowest BCUT2D eigenvalue weighted by Gasteiger charge is -2.03. The van der Waals surface area contributed by atoms with Crippen molar-refractivity contribution in [2.24, 2.45) is 0 Å². The number of Topliss-reactive ketones (excluding diaryl/α,β-unsaturated/α-hetero) is 1. The average Bonchev–Trinajstić information content (AvgIpc) is 1.85. The lowest BCUT2D eigenvalue weighted by atomic mass is 10.3. The Morgan fingerprint density at radius 2 is 1.92 bits per heavy atom. The van der Waals surface area contributed by atoms with E-state index in [-0.39, 0.29) is 0 Å². The Kier molecular flexibility index (Phi) is 3.27. The van der Waals surface area contributed by atoms with Crippen molar-refractivity contribution >= 4 is 15.6 Å². The average molecular weight is 197 g/mol. The summed E-state index contributed by atoms with van der Waals surface area (Å²) >= 11 is 0. The first kappa shape index (κ1) is 11.0. The largest absolute Gasteiger partial charge is 0.298 e. The van der Waals surface area contributed by atoms with Crippen LogP contribution in [0.3, 0.4) is 0 Å². The van der Waals surface area contributed by atoms with E-state index in [4.69, 9.17) is 5.26 Å². The minimum absolute atomic E-state index is 0.557. The van der Waals surface area contributed by atoms with Gasteiger partial charge in [0.25, 0.3) is 6.43 Å². The summed E-state index contributed by atoms with van der Waals surface area (Å²) in [5, 5.41) is 5.85. The van der Waals surface area contributed by atoms with Crippen LogP contribution in [0, 0.1) is 11.3 Å². The van der Waals surface area contributed by atoms with Crippen LogP contribution in [0.25, 0.3) is 0 Å². The first-order valence-corrected chi connectivity index (χ1v) is 4.66. The van der Waals surface area contributed by atoms with Crippen molar-refractivity contribution in [3.8, 4) is 6.07 Å². The molecule has 0 amide bonds. The fraction of sp³-hybridized carbons (Fsp3) is 0.600. The Labute approximate surface area is 67.7 Å². The molecule has 1 atom stereocenters. The zero-order chi connectivity index (χ0) is 9.94. The van der Waals surface area contributed by atoms with Crippen LogP contribution in [-0.2, 0) is 14.6 Å². The highest BCUT2D eigenvalue weighted by Gasteiger charge is 2.34. The quantitative estimate of drug-likeness (QED) is 0.625. The predicted molar refractivity (Wildman–Crippen MR) is 35.3 cm³/mol. The molecule has 68 valence electrons. The van der Waals surface area contributed by atoms with Crippen LogP contribution in [0.2, 0.25) is 0 Å². The van der Waals surface area contributed by atoms with Crippen molar-refractivity contribution in [1.82, 2.24) is 0 Å². The first-order chi connectivity index (χ1) is 5.30. The molecule has 0 rings (SSSR count). The van der Waals surface area contributed by atoms with E-state index >= 15 is 0 Å². The van der Waals surface area contributed by atoms with Crippen molar-refractivity contribution in [3.63, 3.8) is 0 Å². The summed E-state index contributed by atoms with van der Waals surface area (Å²) in [6.07, 6.45) is -2.87. The van der Waals surface area contributed by atoms with Crippen LogP contribution >= 0.6 is 0 Å². The van der Waals surface area contributed by atoms with Crippen LogP contribution in [0.15, 0.2) is 0 Å². The van der Waals surface area contributed by atoms with Gasteiger partial charge in [-0.1, -0.05) is 0 Å². The Morgan fingerprint density at radius 3 is 2.00 bits per heavy atom. The van der Waals surface area contributed by atoms with Gasteiger partial charge in [-0.25, -0.2) is 17.2 Å². The standard InChI is InChI=1S/C5H5F2NO3S/c1-12(10,11)3(2-8)4(9)5(6)7/h3,5H,1H3. The number of halogens is 2. The summed E-state index contributed by atoms with van der Waals surface area (Å²) in [7, 11) is -4.05. The molecule has 0 saturated heterocycles. The molecule has 4 nitrogen and oxygen atoms in total. The molecule has 0 radical (unpaired) electrons. The number of carbonyl (C=O) groups excluding carboxylic acids is 1. The van der Waals surface area contributed by atoms with Gasteiger partial charge in [-0.15, -0.1) is 0 Å². The second kappa shape index (κ2) is 3.58. The molecule has 0 aromatic heterocycles. The summed E-state index contributed by atoms with van der Waals surface area (Å²) in [4.78, 5) is 10.4. The summed E-state index contributed by atoms with van der Waals surface area (Å²) in [6, 6.07) is 1.01. The number of ketones is 1. The van der Waals surface area contributed by atoms with E-state index in [0.29, 0.717) is 6.26 Å². The molecule has 0 aliphatic carbocycles. The molecule has 0 aliphatic heterocycles. The number of nitriles is 1. The molecular weight excluding hydrogens is 192 g/mol. The third-order valence-electron chi connectivity index (χ3n) is 1.02. The smallest absolute Gasteiger partial charge is 0.291 e. The second-order valence-electron chi connectivity index (χ2n) is 2.04. The highest BCUT2D eigenvalue weighted by atomic mass is 32.2. The molecule has 12 heavy (non-hydrogen) atoms. The monoisotopic (exact) mass is 197 g/mol. The van der Waals surface area contributed by atoms with Gasteiger partial charge in [0.05, 0.1) is 6.07 Å². The van der Waals surface area contributed by atoms with Crippen LogP contribution in [0.5, 0.6) is 0 Å². The van der Waals surface area contributed by atoms with Gasteiger partial charge in [0.1, 0.15) is 0 Å². The van der Waals surface area contributed by atoms with Gasteiger partial charge in [-0.05, 0) is 0 Å². The minimum Gasteiger partial charge on any atom is -0.291 e. The molecular formula is C5H5F2NO3S. The van der Waals surface area contributed by atoms with Gasteiger partial charge >= 0.3 is 0 Å². The van der Waals surface area contributed by atoms with E-state index in [9.17, 15) is 22.0 Å². The third-order valence-corrected chi connectivity index (χ3v) is 2.21. The highest BCUT2D eigenvalue weighted by Crippen LogP contribution is 2.06. The van der Waals surface area contributed by atoms with Gasteiger partial charge in [-0.3, -0.25) is 4.79 Å². The van der Waals surface area contributed by atoms with E-state index in [1.807, 2.05) is 0 Å². The number of hydrogen-bond acceptors (Lipinski definition) is 4. The van der Waals surface area contributed by atoms with Crippen LogP contribution in [0.4, 0.5) is 8.78 Å². The normalized spacial score (nSPS) is 13.9. The number of alkyl halides is 2. The second-order valence-corrected chi connectivity index (χ2v) is 4.17. The SMILES string of the molecule is CS(=O)(=O)C(C#N)C(=O)C(F)F. The third kappa shape index (κ3) is 2.54. The maximum Gasteiger partial charge on any atom is 0.298 e. The minimum atomic E-state index is -4.05. The Morgan fingerprint density at radius 1 is 1.50 bits per heavy atom. The van der Waals surface area contributed by atoms with Crippen molar-refractivity contribution in [2.45, 2.75) is 11.7 Å². The summed E-state index contributed by atoms with van der Waals surface area (Å²) < 4.78 is 44.3. The van der Waals surface area contributed by atoms with Crippen LogP contribution < -0.4 is 0 Å². The number of carbonyl (C=O) groups is 1. The van der Waals surface area contributed by atoms with E-state index < -0.39 is 27.3 Å². The van der Waals surface area contributed by atoms with E-state index in [2.05, 4.69) is 0 Å². The van der Waals surface area contributed by atoms with Crippen molar-refractivity contribution in [1.29, 1.82) is 5.26 Å². The Balaban J connectivity index is 4.88. The Bertz CT molecular complexity index is 316. The molecule has 0 aromatic rings. The van der Waals surface area contributed by atoms with E-state index in [1.54, 1.807) is 0 Å². The van der Waals surface area contributed by atoms with Crippen molar-refractivity contribution < 1.29 is 22.0 Å². The predicted octanol–water partition coefficient (Wildman–Crippen LogP) is -0.243. The molecule has 7 heteroatoms. The number of nitrogens with zero attached hydrogens (tertiary/aromatic N) is 1. The molecule has 0 spiro atoms. The molecule has 0 saturated carbocycles.